The van der Waals surface area contributed by atoms with Crippen molar-refractivity contribution >= 4 is 40.0 Å². The maximum Gasteiger partial charge on any atom is 0.251 e. The zero-order valence-corrected chi connectivity index (χ0v) is 25.1. The highest BCUT2D eigenvalue weighted by atomic mass is 32.2. The Balaban J connectivity index is 1.59. The number of carbonyl (C=O) groups is 2. The summed E-state index contributed by atoms with van der Waals surface area (Å²) < 4.78 is 0. The number of anilines is 1. The van der Waals surface area contributed by atoms with Crippen LogP contribution in [0.15, 0.2) is 89.8 Å². The molecule has 4 rings (SSSR count). The Bertz CT molecular complexity index is 1530. The van der Waals surface area contributed by atoms with Crippen molar-refractivity contribution in [1.82, 2.24) is 10.6 Å². The fraction of sp³-hybridized carbons (Fsp3) is 0.294. The quantitative estimate of drug-likeness (QED) is 0.171. The predicted octanol–water partition coefficient (Wildman–Crippen LogP) is 6.21. The summed E-state index contributed by atoms with van der Waals surface area (Å²) in [5.74, 6) is 0.0132. The van der Waals surface area contributed by atoms with Gasteiger partial charge in [0.25, 0.3) is 11.8 Å². The molecule has 2 atom stereocenters. The van der Waals surface area contributed by atoms with Crippen molar-refractivity contribution in [3.8, 4) is 0 Å². The third-order valence-electron chi connectivity index (χ3n) is 6.96. The van der Waals surface area contributed by atoms with E-state index in [0.29, 0.717) is 16.9 Å². The van der Waals surface area contributed by atoms with Crippen molar-refractivity contribution in [3.63, 3.8) is 0 Å². The molecule has 0 radical (unpaired) electrons. The highest BCUT2D eigenvalue weighted by molar-refractivity contribution is 7.99. The molecule has 0 heterocycles. The Labute approximate surface area is 246 Å². The topological polar surface area (TPSA) is 90.5 Å². The van der Waals surface area contributed by atoms with E-state index in [1.165, 1.54) is 0 Å². The largest absolute Gasteiger partial charge is 0.391 e. The highest BCUT2D eigenvalue weighted by Crippen LogP contribution is 2.26. The Hall–Kier alpha value is -3.81. The van der Waals surface area contributed by atoms with Gasteiger partial charge in [-0.3, -0.25) is 9.59 Å². The fourth-order valence-corrected chi connectivity index (χ4v) is 5.84. The molecule has 0 saturated heterocycles. The van der Waals surface area contributed by atoms with Crippen molar-refractivity contribution in [2.45, 2.75) is 56.7 Å². The number of aliphatic hydroxyl groups is 1. The number of nitrogens with one attached hydrogen (secondary N) is 3. The van der Waals surface area contributed by atoms with E-state index in [-0.39, 0.29) is 18.2 Å². The number of aliphatic hydroxyl groups excluding tert-OH is 1. The van der Waals surface area contributed by atoms with Crippen LogP contribution in [-0.4, -0.2) is 47.4 Å². The lowest BCUT2D eigenvalue weighted by atomic mass is 9.96. The molecular weight excluding hydrogens is 530 g/mol. The monoisotopic (exact) mass is 569 g/mol. The van der Waals surface area contributed by atoms with Crippen LogP contribution < -0.4 is 16.0 Å². The Morgan fingerprint density at radius 3 is 2.27 bits per heavy atom. The second-order valence-electron chi connectivity index (χ2n) is 11.3. The molecule has 2 amide bonds. The molecule has 0 spiro atoms. The third kappa shape index (κ3) is 7.90. The van der Waals surface area contributed by atoms with E-state index < -0.39 is 17.7 Å². The van der Waals surface area contributed by atoms with E-state index in [2.05, 4.69) is 46.3 Å². The Kier molecular flexibility index (Phi) is 9.73. The number of hydrogen-bond donors (Lipinski definition) is 4. The van der Waals surface area contributed by atoms with Crippen LogP contribution in [0.4, 0.5) is 5.69 Å². The molecule has 0 aromatic heterocycles. The first-order valence-electron chi connectivity index (χ1n) is 13.8. The second-order valence-corrected chi connectivity index (χ2v) is 12.4. The van der Waals surface area contributed by atoms with E-state index in [4.69, 9.17) is 0 Å². The van der Waals surface area contributed by atoms with Crippen molar-refractivity contribution in [3.05, 3.63) is 107 Å². The summed E-state index contributed by atoms with van der Waals surface area (Å²) in [6, 6.07) is 26.7. The molecule has 4 N–H and O–H groups in total. The molecule has 6 nitrogen and oxygen atoms in total. The molecule has 0 aliphatic rings. The number of amides is 2. The summed E-state index contributed by atoms with van der Waals surface area (Å²) in [5, 5.41) is 23.1. The Morgan fingerprint density at radius 1 is 0.854 bits per heavy atom. The molecule has 0 aliphatic carbocycles. The van der Waals surface area contributed by atoms with Crippen LogP contribution in [-0.2, 0) is 6.42 Å². The van der Waals surface area contributed by atoms with Gasteiger partial charge in [-0.15, -0.1) is 11.8 Å². The molecular formula is C34H39N3O3S. The average molecular weight is 570 g/mol. The first-order valence-corrected chi connectivity index (χ1v) is 14.8. The number of thioether (sulfide) groups is 1. The van der Waals surface area contributed by atoms with Gasteiger partial charge in [0.15, 0.2) is 0 Å². The molecule has 214 valence electrons. The molecule has 0 fully saturated rings. The van der Waals surface area contributed by atoms with Crippen LogP contribution in [0.1, 0.15) is 52.6 Å². The van der Waals surface area contributed by atoms with Gasteiger partial charge in [0, 0.05) is 46.5 Å². The van der Waals surface area contributed by atoms with Crippen LogP contribution in [0.25, 0.3) is 10.8 Å². The highest BCUT2D eigenvalue weighted by Gasteiger charge is 2.26. The van der Waals surface area contributed by atoms with Gasteiger partial charge < -0.3 is 21.1 Å². The summed E-state index contributed by atoms with van der Waals surface area (Å²) in [7, 11) is 1.82. The zero-order valence-electron chi connectivity index (χ0n) is 24.3. The zero-order chi connectivity index (χ0) is 29.6. The lowest BCUT2D eigenvalue weighted by molar-refractivity contribution is 0.0849. The summed E-state index contributed by atoms with van der Waals surface area (Å²) in [4.78, 5) is 27.6. The normalized spacial score (nSPS) is 12.9. The van der Waals surface area contributed by atoms with Gasteiger partial charge in [0.2, 0.25) is 0 Å². The van der Waals surface area contributed by atoms with E-state index in [9.17, 15) is 14.7 Å². The minimum Gasteiger partial charge on any atom is -0.391 e. The fourth-order valence-electron chi connectivity index (χ4n) is 4.79. The smallest absolute Gasteiger partial charge is 0.251 e. The van der Waals surface area contributed by atoms with Crippen LogP contribution in [0.2, 0.25) is 0 Å². The number of rotatable bonds is 10. The SMILES string of the molecule is CNc1cccc(C(=O)N[C@@H](CSc2ccc3ccccc3c2)[C@H](O)Cc2ccccc2C(=O)NC(C)(C)C)c1C. The summed E-state index contributed by atoms with van der Waals surface area (Å²) in [5.41, 5.74) is 3.12. The number of benzene rings is 4. The molecule has 0 aliphatic heterocycles. The number of fused-ring (bicyclic) bond motifs is 1. The minimum absolute atomic E-state index is 0.189. The van der Waals surface area contributed by atoms with E-state index in [1.54, 1.807) is 23.9 Å². The van der Waals surface area contributed by atoms with Crippen LogP contribution >= 0.6 is 11.8 Å². The van der Waals surface area contributed by atoms with E-state index in [1.807, 2.05) is 77.2 Å². The van der Waals surface area contributed by atoms with Gasteiger partial charge in [-0.05, 0) is 79.9 Å². The summed E-state index contributed by atoms with van der Waals surface area (Å²) in [6.45, 7) is 7.70. The second kappa shape index (κ2) is 13.2. The summed E-state index contributed by atoms with van der Waals surface area (Å²) in [6.07, 6.45) is -0.713. The van der Waals surface area contributed by atoms with E-state index in [0.717, 1.165) is 32.5 Å². The number of hydrogen-bond acceptors (Lipinski definition) is 5. The van der Waals surface area contributed by atoms with Crippen LogP contribution in [0, 0.1) is 6.92 Å². The van der Waals surface area contributed by atoms with Crippen molar-refractivity contribution in [2.75, 3.05) is 18.1 Å². The minimum atomic E-state index is -0.928. The summed E-state index contributed by atoms with van der Waals surface area (Å²) >= 11 is 1.58. The molecule has 4 aromatic rings. The van der Waals surface area contributed by atoms with Gasteiger partial charge in [0.05, 0.1) is 12.1 Å². The maximum absolute atomic E-state index is 13.5. The van der Waals surface area contributed by atoms with Crippen molar-refractivity contribution in [1.29, 1.82) is 0 Å². The van der Waals surface area contributed by atoms with Gasteiger partial charge in [0.1, 0.15) is 0 Å². The third-order valence-corrected chi connectivity index (χ3v) is 8.07. The van der Waals surface area contributed by atoms with Crippen LogP contribution in [0.3, 0.4) is 0 Å². The lowest BCUT2D eigenvalue weighted by Crippen LogP contribution is -2.46. The maximum atomic E-state index is 13.5. The van der Waals surface area contributed by atoms with Gasteiger partial charge in [-0.1, -0.05) is 54.6 Å². The van der Waals surface area contributed by atoms with Gasteiger partial charge in [-0.2, -0.15) is 0 Å². The first kappa shape index (κ1) is 30.2. The Morgan fingerprint density at radius 2 is 1.54 bits per heavy atom. The molecule has 0 bridgehead atoms. The first-order chi connectivity index (χ1) is 19.6. The standard InChI is InChI=1S/C34H39N3O3S/c1-22-27(15-10-16-29(22)35-5)32(39)36-30(21-41-26-18-17-23-11-6-7-12-24(23)19-26)31(38)20-25-13-8-9-14-28(25)33(40)37-34(2,3)4/h6-19,30-31,35,38H,20-21H2,1-5H3,(H,36,39)(H,37,40)/t30-,31+/m0/s1. The molecule has 41 heavy (non-hydrogen) atoms. The molecule has 4 aromatic carbocycles. The van der Waals surface area contributed by atoms with Crippen molar-refractivity contribution < 1.29 is 14.7 Å². The van der Waals surface area contributed by atoms with Gasteiger partial charge >= 0.3 is 0 Å². The van der Waals surface area contributed by atoms with Crippen molar-refractivity contribution in [2.24, 2.45) is 0 Å². The van der Waals surface area contributed by atoms with E-state index >= 15 is 0 Å². The molecule has 0 unspecified atom stereocenters. The van der Waals surface area contributed by atoms with Crippen LogP contribution in [0.5, 0.6) is 0 Å². The lowest BCUT2D eigenvalue weighted by Gasteiger charge is -2.26. The molecule has 0 saturated carbocycles. The average Bonchev–Trinajstić information content (AvgIpc) is 2.94. The molecule has 7 heteroatoms. The van der Waals surface area contributed by atoms with Gasteiger partial charge in [-0.25, -0.2) is 0 Å². The predicted molar refractivity (Wildman–Crippen MR) is 170 cm³/mol. The number of carbonyl (C=O) groups excluding carboxylic acids is 2.